The number of aromatic nitrogens is 5. The number of hydrogen-bond donors (Lipinski definition) is 2. The van der Waals surface area contributed by atoms with Crippen molar-refractivity contribution in [1.29, 1.82) is 0 Å². The van der Waals surface area contributed by atoms with Crippen molar-refractivity contribution in [3.8, 4) is 22.7 Å². The molecule has 13 heteroatoms. The minimum atomic E-state index is -4.59. The van der Waals surface area contributed by atoms with Crippen molar-refractivity contribution < 1.29 is 18.1 Å². The number of halogens is 5. The van der Waals surface area contributed by atoms with Gasteiger partial charge in [-0.2, -0.15) is 23.7 Å². The van der Waals surface area contributed by atoms with Gasteiger partial charge in [0.25, 0.3) is 12.5 Å². The van der Waals surface area contributed by atoms with Gasteiger partial charge in [0, 0.05) is 0 Å². The zero-order valence-electron chi connectivity index (χ0n) is 15.8. The summed E-state index contributed by atoms with van der Waals surface area (Å²) in [5.41, 5.74) is 6.74. The van der Waals surface area contributed by atoms with Crippen LogP contribution >= 0.6 is 35.0 Å². The largest absolute Gasteiger partial charge is 0.462 e. The van der Waals surface area contributed by atoms with Crippen molar-refractivity contribution in [3.63, 3.8) is 0 Å². The molecule has 4 rings (SSSR count). The zero-order chi connectivity index (χ0) is 22.3. The molecule has 0 aliphatic rings. The highest BCUT2D eigenvalue weighted by Crippen LogP contribution is 2.40. The van der Waals surface area contributed by atoms with Gasteiger partial charge in [-0.25, -0.2) is 4.68 Å². The Kier molecular flexibility index (Phi) is 5.76. The monoisotopic (exact) mass is 484 g/mol. The fourth-order valence-electron chi connectivity index (χ4n) is 3.13. The van der Waals surface area contributed by atoms with Crippen LogP contribution in [0.5, 0.6) is 0 Å². The summed E-state index contributed by atoms with van der Waals surface area (Å²) >= 11 is 13.6. The van der Waals surface area contributed by atoms with Crippen LogP contribution in [0.1, 0.15) is 5.56 Å². The Morgan fingerprint density at radius 1 is 1.16 bits per heavy atom. The van der Waals surface area contributed by atoms with Crippen LogP contribution in [0, 0.1) is 0 Å². The van der Waals surface area contributed by atoms with Crippen molar-refractivity contribution in [2.75, 3.05) is 12.0 Å². The highest BCUT2D eigenvalue weighted by Gasteiger charge is 2.33. The quantitative estimate of drug-likeness (QED) is 0.410. The topological polar surface area (TPSA) is 86.7 Å². The van der Waals surface area contributed by atoms with Crippen LogP contribution in [0.3, 0.4) is 0 Å². The van der Waals surface area contributed by atoms with Crippen LogP contribution in [-0.4, -0.2) is 32.8 Å². The Morgan fingerprint density at radius 2 is 1.81 bits per heavy atom. The van der Waals surface area contributed by atoms with Gasteiger partial charge in [-0.05, 0) is 23.5 Å². The van der Waals surface area contributed by atoms with E-state index in [1.54, 1.807) is 6.26 Å². The molecule has 0 spiro atoms. The maximum atomic E-state index is 13.1. The first-order chi connectivity index (χ1) is 14.7. The predicted molar refractivity (Wildman–Crippen MR) is 116 cm³/mol. The van der Waals surface area contributed by atoms with Crippen LogP contribution < -0.4 is 10.6 Å². The molecular weight excluding hydrogens is 471 g/mol. The lowest BCUT2D eigenvalue weighted by atomic mass is 9.80. The summed E-state index contributed by atoms with van der Waals surface area (Å²) in [6.07, 6.45) is -2.79. The molecule has 0 bridgehead atoms. The third-order valence-electron chi connectivity index (χ3n) is 4.58. The minimum Gasteiger partial charge on any atom is -0.462 e. The standard InChI is InChI=1S/C18H14BCl2F3N6S/c1-31-15-13(17-26-19(29-27-17)10-5-3-2-4-6-10)28-30(16(15)25)14-11(20)7-9(8-12(14)21)18(22,23)24/h2-8,26,29H,25H2,1H3. The van der Waals surface area contributed by atoms with Gasteiger partial charge < -0.3 is 15.6 Å². The van der Waals surface area contributed by atoms with E-state index in [9.17, 15) is 13.2 Å². The second-order valence-corrected chi connectivity index (χ2v) is 8.17. The summed E-state index contributed by atoms with van der Waals surface area (Å²) in [6, 6.07) is 11.2. The van der Waals surface area contributed by atoms with Gasteiger partial charge in [-0.3, -0.25) is 0 Å². The summed E-state index contributed by atoms with van der Waals surface area (Å²) in [5, 5.41) is 11.3. The Balaban J connectivity index is 1.83. The molecule has 6 nitrogen and oxygen atoms in total. The van der Waals surface area contributed by atoms with Crippen LogP contribution in [0.4, 0.5) is 19.0 Å². The molecule has 31 heavy (non-hydrogen) atoms. The normalized spacial score (nSPS) is 11.8. The van der Waals surface area contributed by atoms with E-state index in [0.29, 0.717) is 16.4 Å². The molecular formula is C18H14BCl2F3N6S. The molecule has 0 radical (unpaired) electrons. The summed E-state index contributed by atoms with van der Waals surface area (Å²) in [6.45, 7) is -0.268. The van der Waals surface area contributed by atoms with E-state index in [0.717, 1.165) is 17.6 Å². The Bertz CT molecular complexity index is 1240. The summed E-state index contributed by atoms with van der Waals surface area (Å²) < 4.78 is 40.4. The van der Waals surface area contributed by atoms with Crippen LogP contribution in [0.2, 0.25) is 10.0 Å². The predicted octanol–water partition coefficient (Wildman–Crippen LogP) is 4.72. The van der Waals surface area contributed by atoms with E-state index in [4.69, 9.17) is 28.9 Å². The Morgan fingerprint density at radius 3 is 2.39 bits per heavy atom. The van der Waals surface area contributed by atoms with E-state index in [1.165, 1.54) is 16.4 Å². The molecule has 2 aromatic carbocycles. The second-order valence-electron chi connectivity index (χ2n) is 6.54. The van der Waals surface area contributed by atoms with Gasteiger partial charge in [-0.15, -0.1) is 11.8 Å². The highest BCUT2D eigenvalue weighted by molar-refractivity contribution is 7.98. The lowest BCUT2D eigenvalue weighted by Crippen LogP contribution is -2.20. The van der Waals surface area contributed by atoms with Crippen molar-refractivity contribution in [2.45, 2.75) is 11.1 Å². The van der Waals surface area contributed by atoms with Gasteiger partial charge in [0.1, 0.15) is 11.5 Å². The number of benzene rings is 2. The highest BCUT2D eigenvalue weighted by atomic mass is 35.5. The third kappa shape index (κ3) is 4.05. The third-order valence-corrected chi connectivity index (χ3v) is 5.97. The SMILES string of the molecule is CSc1c(-c2n[nH][b-](-c3ccccc3)[nH+]2)nn(-c2c(Cl)cc(C(F)(F)F)cc2Cl)c1N. The molecule has 4 N–H and O–H groups in total. The maximum absolute atomic E-state index is 13.1. The van der Waals surface area contributed by atoms with Crippen molar-refractivity contribution in [2.24, 2.45) is 0 Å². The van der Waals surface area contributed by atoms with E-state index >= 15 is 0 Å². The number of anilines is 1. The van der Waals surface area contributed by atoms with Crippen LogP contribution in [0.25, 0.3) is 22.7 Å². The summed E-state index contributed by atoms with van der Waals surface area (Å²) in [4.78, 5) is 3.81. The van der Waals surface area contributed by atoms with Crippen LogP contribution in [-0.2, 0) is 6.18 Å². The van der Waals surface area contributed by atoms with Crippen molar-refractivity contribution >= 4 is 47.4 Å². The number of nitrogen functional groups attached to an aromatic ring is 1. The summed E-state index contributed by atoms with van der Waals surface area (Å²) in [5.74, 6) is 0.613. The van der Waals surface area contributed by atoms with Gasteiger partial charge in [0.15, 0.2) is 5.69 Å². The molecule has 0 aliphatic carbocycles. The number of H-pyrrole nitrogens is 2. The molecule has 0 fully saturated rings. The molecule has 0 aliphatic heterocycles. The first-order valence-electron chi connectivity index (χ1n) is 8.85. The average Bonchev–Trinajstić information content (AvgIpc) is 3.32. The first-order valence-corrected chi connectivity index (χ1v) is 10.8. The van der Waals surface area contributed by atoms with Gasteiger partial charge in [-0.1, -0.05) is 53.5 Å². The van der Waals surface area contributed by atoms with Gasteiger partial charge >= 0.3 is 6.18 Å². The lowest BCUT2D eigenvalue weighted by Gasteiger charge is -2.13. The Labute approximate surface area is 189 Å². The number of nitrogens with one attached hydrogen (secondary N) is 2. The van der Waals surface area contributed by atoms with Crippen molar-refractivity contribution in [3.05, 3.63) is 58.1 Å². The number of alkyl halides is 3. The molecule has 0 saturated heterocycles. The molecule has 0 atom stereocenters. The lowest BCUT2D eigenvalue weighted by molar-refractivity contribution is -0.298. The summed E-state index contributed by atoms with van der Waals surface area (Å²) in [7, 11) is 0. The van der Waals surface area contributed by atoms with E-state index in [-0.39, 0.29) is 28.2 Å². The molecule has 0 amide bonds. The molecule has 0 saturated carbocycles. The number of thioether (sulfide) groups is 1. The van der Waals surface area contributed by atoms with Crippen molar-refractivity contribution in [1.82, 2.24) is 19.9 Å². The molecule has 2 heterocycles. The van der Waals surface area contributed by atoms with Gasteiger partial charge in [0.2, 0.25) is 0 Å². The fourth-order valence-corrected chi connectivity index (χ4v) is 4.40. The number of aromatic amines is 2. The molecule has 0 unspecified atom stereocenters. The first kappa shape index (κ1) is 21.7. The molecule has 160 valence electrons. The average molecular weight is 485 g/mol. The minimum absolute atomic E-state index is 0.0570. The number of rotatable bonds is 4. The number of nitrogens with two attached hydrogens (primary N) is 1. The maximum Gasteiger partial charge on any atom is 0.416 e. The fraction of sp³-hybridized carbons (Fsp3) is 0.111. The number of hydrogen-bond acceptors (Lipinski definition) is 4. The van der Waals surface area contributed by atoms with E-state index in [1.807, 2.05) is 30.3 Å². The number of nitrogens with zero attached hydrogens (tertiary/aromatic N) is 3. The Hall–Kier alpha value is -2.50. The smallest absolute Gasteiger partial charge is 0.416 e. The van der Waals surface area contributed by atoms with Gasteiger partial charge in [0.05, 0.1) is 20.5 Å². The van der Waals surface area contributed by atoms with E-state index < -0.39 is 11.7 Å². The van der Waals surface area contributed by atoms with Crippen LogP contribution in [0.15, 0.2) is 47.4 Å². The van der Waals surface area contributed by atoms with E-state index in [2.05, 4.69) is 20.1 Å². The second kappa shape index (κ2) is 8.21. The molecule has 4 aromatic rings. The molecule has 2 aromatic heterocycles. The zero-order valence-corrected chi connectivity index (χ0v) is 18.2.